The number of amides is 2. The fourth-order valence-electron chi connectivity index (χ4n) is 2.91. The van der Waals surface area contributed by atoms with Crippen molar-refractivity contribution in [1.82, 2.24) is 4.72 Å². The number of fused-ring (bicyclic) bond motifs is 1. The Bertz CT molecular complexity index is 1260. The van der Waals surface area contributed by atoms with Crippen LogP contribution in [0.5, 0.6) is 0 Å². The van der Waals surface area contributed by atoms with E-state index in [1.807, 2.05) is 29.0 Å². The minimum absolute atomic E-state index is 0.0558. The number of nitrogens with one attached hydrogen (secondary N) is 2. The van der Waals surface area contributed by atoms with E-state index in [4.69, 9.17) is 11.6 Å². The number of rotatable bonds is 4. The topological polar surface area (TPSA) is 92.3 Å². The average molecular weight is 445 g/mol. The van der Waals surface area contributed by atoms with Crippen molar-refractivity contribution in [2.24, 2.45) is 0 Å². The molecule has 1 aliphatic rings. The van der Waals surface area contributed by atoms with Crippen LogP contribution in [0, 0.1) is 0 Å². The van der Waals surface area contributed by atoms with Crippen LogP contribution in [0.15, 0.2) is 64.9 Å². The van der Waals surface area contributed by atoms with Gasteiger partial charge in [0.15, 0.2) is 5.78 Å². The number of carbonyl (C=O) groups is 2. The van der Waals surface area contributed by atoms with Crippen LogP contribution in [0.3, 0.4) is 0 Å². The van der Waals surface area contributed by atoms with Gasteiger partial charge in [-0.05, 0) is 41.5 Å². The Morgan fingerprint density at radius 1 is 0.966 bits per heavy atom. The Kier molecular flexibility index (Phi) is 4.99. The van der Waals surface area contributed by atoms with Crippen LogP contribution in [0.2, 0.25) is 4.34 Å². The molecule has 0 spiro atoms. The molecule has 0 unspecified atom stereocenters. The highest BCUT2D eigenvalue weighted by Gasteiger charge is 2.23. The highest BCUT2D eigenvalue weighted by Crippen LogP contribution is 2.32. The summed E-state index contributed by atoms with van der Waals surface area (Å²) in [5.41, 5.74) is 3.18. The molecular formula is C20H13ClN2O4S2. The maximum absolute atomic E-state index is 12.5. The molecule has 0 bridgehead atoms. The summed E-state index contributed by atoms with van der Waals surface area (Å²) in [4.78, 5) is 24.6. The molecule has 1 heterocycles. The summed E-state index contributed by atoms with van der Waals surface area (Å²) in [6.45, 7) is 0. The second-order valence-electron chi connectivity index (χ2n) is 6.17. The molecule has 4 rings (SSSR count). The average Bonchev–Trinajstić information content (AvgIpc) is 3.27. The molecule has 9 heteroatoms. The number of allylic oxidation sites excluding steroid dienone is 1. The van der Waals surface area contributed by atoms with E-state index in [0.717, 1.165) is 16.9 Å². The number of urea groups is 1. The highest BCUT2D eigenvalue weighted by molar-refractivity contribution is 7.92. The van der Waals surface area contributed by atoms with E-state index in [1.165, 1.54) is 12.1 Å². The predicted molar refractivity (Wildman–Crippen MR) is 114 cm³/mol. The molecule has 6 nitrogen and oxygen atoms in total. The van der Waals surface area contributed by atoms with E-state index in [-0.39, 0.29) is 9.99 Å². The number of sulfonamides is 1. The van der Waals surface area contributed by atoms with Crippen LogP contribution in [-0.2, 0) is 10.0 Å². The lowest BCUT2D eigenvalue weighted by Crippen LogP contribution is -2.33. The van der Waals surface area contributed by atoms with E-state index in [2.05, 4.69) is 5.32 Å². The molecular weight excluding hydrogens is 432 g/mol. The third-order valence-electron chi connectivity index (χ3n) is 4.24. The van der Waals surface area contributed by atoms with Gasteiger partial charge in [0, 0.05) is 16.8 Å². The van der Waals surface area contributed by atoms with Crippen LogP contribution in [0.25, 0.3) is 11.6 Å². The molecule has 1 aromatic heterocycles. The third-order valence-corrected chi connectivity index (χ3v) is 7.30. The zero-order chi connectivity index (χ0) is 20.6. The van der Waals surface area contributed by atoms with Gasteiger partial charge in [-0.25, -0.2) is 17.9 Å². The SMILES string of the molecule is O=C(Nc1ccc(C2=Cc3ccccc3C2=O)cc1)NS(=O)(=O)c1ccc(Cl)s1. The largest absolute Gasteiger partial charge is 0.333 e. The maximum atomic E-state index is 12.5. The number of thiophene rings is 1. The molecule has 3 aromatic rings. The van der Waals surface area contributed by atoms with Gasteiger partial charge in [-0.2, -0.15) is 0 Å². The summed E-state index contributed by atoms with van der Waals surface area (Å²) in [5, 5.41) is 2.46. The normalized spacial score (nSPS) is 13.0. The van der Waals surface area contributed by atoms with Crippen molar-refractivity contribution in [2.45, 2.75) is 4.21 Å². The van der Waals surface area contributed by atoms with Crippen molar-refractivity contribution >= 4 is 62.1 Å². The quantitative estimate of drug-likeness (QED) is 0.612. The van der Waals surface area contributed by atoms with Crippen LogP contribution in [0.1, 0.15) is 21.5 Å². The van der Waals surface area contributed by atoms with Gasteiger partial charge in [0.25, 0.3) is 10.0 Å². The van der Waals surface area contributed by atoms with Crippen molar-refractivity contribution in [3.05, 3.63) is 81.7 Å². The summed E-state index contributed by atoms with van der Waals surface area (Å²) >= 11 is 6.59. The molecule has 1 aliphatic carbocycles. The van der Waals surface area contributed by atoms with E-state index >= 15 is 0 Å². The molecule has 0 aliphatic heterocycles. The minimum atomic E-state index is -4.00. The smallest absolute Gasteiger partial charge is 0.307 e. The number of halogens is 1. The van der Waals surface area contributed by atoms with Crippen molar-refractivity contribution in [3.63, 3.8) is 0 Å². The van der Waals surface area contributed by atoms with Gasteiger partial charge < -0.3 is 5.32 Å². The van der Waals surface area contributed by atoms with Gasteiger partial charge in [0.1, 0.15) is 4.21 Å². The first-order valence-corrected chi connectivity index (χ1v) is 11.1. The standard InChI is InChI=1S/C20H13ClN2O4S2/c21-17-9-10-18(28-17)29(26,27)23-20(25)22-14-7-5-12(6-8-14)16-11-13-3-1-2-4-15(13)19(16)24/h1-11H,(H2,22,23,25). The summed E-state index contributed by atoms with van der Waals surface area (Å²) in [6.07, 6.45) is 1.82. The Hall–Kier alpha value is -2.94. The van der Waals surface area contributed by atoms with Gasteiger partial charge in [0.2, 0.25) is 0 Å². The molecule has 2 amide bonds. The van der Waals surface area contributed by atoms with E-state index in [9.17, 15) is 18.0 Å². The molecule has 146 valence electrons. The van der Waals surface area contributed by atoms with E-state index in [1.54, 1.807) is 30.3 Å². The number of carbonyl (C=O) groups excluding carboxylic acids is 2. The molecule has 0 saturated heterocycles. The molecule has 2 aromatic carbocycles. The van der Waals surface area contributed by atoms with Crippen LogP contribution >= 0.6 is 22.9 Å². The summed E-state index contributed by atoms with van der Waals surface area (Å²) in [7, 11) is -4.00. The zero-order valence-corrected chi connectivity index (χ0v) is 17.1. The lowest BCUT2D eigenvalue weighted by molar-refractivity contribution is 0.105. The van der Waals surface area contributed by atoms with Crippen molar-refractivity contribution < 1.29 is 18.0 Å². The van der Waals surface area contributed by atoms with Crippen molar-refractivity contribution in [2.75, 3.05) is 5.32 Å². The number of hydrogen-bond acceptors (Lipinski definition) is 5. The molecule has 0 fully saturated rings. The Morgan fingerprint density at radius 3 is 2.34 bits per heavy atom. The number of anilines is 1. The zero-order valence-electron chi connectivity index (χ0n) is 14.7. The summed E-state index contributed by atoms with van der Waals surface area (Å²) in [5.74, 6) is -0.0558. The van der Waals surface area contributed by atoms with Gasteiger partial charge in [0.05, 0.1) is 4.34 Å². The predicted octanol–water partition coefficient (Wildman–Crippen LogP) is 4.65. The number of Topliss-reactive ketones (excluding diaryl/α,β-unsaturated/α-hetero) is 1. The lowest BCUT2D eigenvalue weighted by atomic mass is 10.0. The Balaban J connectivity index is 1.45. The first kappa shape index (κ1) is 19.4. The Labute approximate surface area is 175 Å². The second-order valence-corrected chi connectivity index (χ2v) is 9.79. The fourth-order valence-corrected chi connectivity index (χ4v) is 5.30. The van der Waals surface area contributed by atoms with Gasteiger partial charge in [-0.1, -0.05) is 48.0 Å². The van der Waals surface area contributed by atoms with Crippen LogP contribution in [0.4, 0.5) is 10.5 Å². The Morgan fingerprint density at radius 2 is 1.69 bits per heavy atom. The summed E-state index contributed by atoms with van der Waals surface area (Å²) in [6, 6.07) is 15.8. The summed E-state index contributed by atoms with van der Waals surface area (Å²) < 4.78 is 26.5. The molecule has 29 heavy (non-hydrogen) atoms. The number of hydrogen-bond donors (Lipinski definition) is 2. The first-order chi connectivity index (χ1) is 13.8. The van der Waals surface area contributed by atoms with Gasteiger partial charge in [-0.15, -0.1) is 11.3 Å². The number of benzene rings is 2. The van der Waals surface area contributed by atoms with Crippen LogP contribution in [-0.4, -0.2) is 20.2 Å². The number of ketones is 1. The minimum Gasteiger partial charge on any atom is -0.307 e. The highest BCUT2D eigenvalue weighted by atomic mass is 35.5. The maximum Gasteiger partial charge on any atom is 0.333 e. The second kappa shape index (κ2) is 7.47. The third kappa shape index (κ3) is 3.95. The first-order valence-electron chi connectivity index (χ1n) is 8.38. The molecule has 2 N–H and O–H groups in total. The lowest BCUT2D eigenvalue weighted by Gasteiger charge is -2.08. The van der Waals surface area contributed by atoms with Crippen LogP contribution < -0.4 is 10.0 Å². The van der Waals surface area contributed by atoms with Crippen molar-refractivity contribution in [1.29, 1.82) is 0 Å². The van der Waals surface area contributed by atoms with E-state index in [0.29, 0.717) is 26.7 Å². The monoisotopic (exact) mass is 444 g/mol. The van der Waals surface area contributed by atoms with Gasteiger partial charge in [-0.3, -0.25) is 4.79 Å². The molecule has 0 saturated carbocycles. The molecule has 0 atom stereocenters. The fraction of sp³-hybridized carbons (Fsp3) is 0. The van der Waals surface area contributed by atoms with Crippen molar-refractivity contribution in [3.8, 4) is 0 Å². The van der Waals surface area contributed by atoms with Gasteiger partial charge >= 0.3 is 6.03 Å². The molecule has 0 radical (unpaired) electrons. The van der Waals surface area contributed by atoms with E-state index < -0.39 is 16.1 Å².